The standard InChI is InChI=1S/C59H37N3S/c1-2-14-38(15-3-1)48-23-9-10-26-52(48)59-61-57(41-30-28-40(29-31-41)55-37-45-18-6-11-27-54(45)63-55)60-58(62-59)47-22-13-20-43(35-47)42-19-12-21-46(34-42)56-50-25-8-5-17-44(50)36-53-49-24-7-4-16-39(49)32-33-51(53)56/h1-37H. The van der Waals surface area contributed by atoms with E-state index in [1.165, 1.54) is 64.0 Å². The minimum Gasteiger partial charge on any atom is -0.208 e. The van der Waals surface area contributed by atoms with E-state index in [1.807, 2.05) is 17.4 Å². The molecule has 0 bridgehead atoms. The third-order valence-electron chi connectivity index (χ3n) is 12.1. The van der Waals surface area contributed by atoms with E-state index in [4.69, 9.17) is 15.0 Å². The average molecular weight is 820 g/mol. The molecule has 0 unspecified atom stereocenters. The zero-order chi connectivity index (χ0) is 41.7. The Hall–Kier alpha value is -8.05. The molecular weight excluding hydrogens is 783 g/mol. The minimum absolute atomic E-state index is 0.622. The van der Waals surface area contributed by atoms with Gasteiger partial charge in [-0.25, -0.2) is 15.0 Å². The second-order valence-electron chi connectivity index (χ2n) is 16.0. The summed E-state index contributed by atoms with van der Waals surface area (Å²) in [7, 11) is 0. The van der Waals surface area contributed by atoms with E-state index >= 15 is 0 Å². The van der Waals surface area contributed by atoms with Gasteiger partial charge in [0.15, 0.2) is 17.5 Å². The van der Waals surface area contributed by atoms with Crippen LogP contribution in [-0.2, 0) is 0 Å². The van der Waals surface area contributed by atoms with E-state index in [-0.39, 0.29) is 0 Å². The molecule has 4 heteroatoms. The third kappa shape index (κ3) is 6.74. The first-order valence-electron chi connectivity index (χ1n) is 21.2. The Morgan fingerprint density at radius 1 is 0.270 bits per heavy atom. The monoisotopic (exact) mass is 819 g/mol. The molecule has 0 aliphatic heterocycles. The van der Waals surface area contributed by atoms with E-state index < -0.39 is 0 Å². The lowest BCUT2D eigenvalue weighted by Gasteiger charge is -2.15. The molecule has 2 aromatic heterocycles. The first-order valence-corrected chi connectivity index (χ1v) is 22.1. The number of aromatic nitrogens is 3. The molecule has 12 aromatic rings. The van der Waals surface area contributed by atoms with Crippen molar-refractivity contribution in [3.05, 3.63) is 224 Å². The molecule has 0 atom stereocenters. The second kappa shape index (κ2) is 15.4. The molecule has 294 valence electrons. The molecule has 0 aliphatic carbocycles. The van der Waals surface area contributed by atoms with Crippen LogP contribution in [0.25, 0.3) is 120 Å². The second-order valence-corrected chi connectivity index (χ2v) is 17.0. The van der Waals surface area contributed by atoms with Gasteiger partial charge in [-0.3, -0.25) is 0 Å². The largest absolute Gasteiger partial charge is 0.208 e. The van der Waals surface area contributed by atoms with Crippen molar-refractivity contribution >= 4 is 53.7 Å². The Morgan fingerprint density at radius 2 is 0.841 bits per heavy atom. The molecule has 0 fully saturated rings. The zero-order valence-electron chi connectivity index (χ0n) is 34.1. The first kappa shape index (κ1) is 36.8. The normalized spacial score (nSPS) is 11.5. The predicted octanol–water partition coefficient (Wildman–Crippen LogP) is 16.2. The number of fused-ring (bicyclic) bond motifs is 5. The first-order chi connectivity index (χ1) is 31.2. The van der Waals surface area contributed by atoms with Gasteiger partial charge in [-0.2, -0.15) is 0 Å². The van der Waals surface area contributed by atoms with Gasteiger partial charge in [0.1, 0.15) is 0 Å². The van der Waals surface area contributed by atoms with Crippen molar-refractivity contribution in [2.45, 2.75) is 0 Å². The van der Waals surface area contributed by atoms with Gasteiger partial charge in [0.05, 0.1) is 0 Å². The summed E-state index contributed by atoms with van der Waals surface area (Å²) in [5.41, 5.74) is 10.8. The van der Waals surface area contributed by atoms with E-state index in [1.54, 1.807) is 0 Å². The van der Waals surface area contributed by atoms with Crippen LogP contribution in [0.5, 0.6) is 0 Å². The lowest BCUT2D eigenvalue weighted by molar-refractivity contribution is 1.07. The number of hydrogen-bond acceptors (Lipinski definition) is 4. The summed E-state index contributed by atoms with van der Waals surface area (Å²) in [5, 5.41) is 8.75. The Morgan fingerprint density at radius 3 is 1.63 bits per heavy atom. The highest BCUT2D eigenvalue weighted by Gasteiger charge is 2.18. The summed E-state index contributed by atoms with van der Waals surface area (Å²) >= 11 is 1.81. The number of benzene rings is 10. The maximum Gasteiger partial charge on any atom is 0.164 e. The van der Waals surface area contributed by atoms with Crippen LogP contribution in [0.3, 0.4) is 0 Å². The van der Waals surface area contributed by atoms with E-state index in [0.29, 0.717) is 17.5 Å². The van der Waals surface area contributed by atoms with Gasteiger partial charge in [-0.05, 0) is 107 Å². The molecular formula is C59H37N3S. The van der Waals surface area contributed by atoms with Crippen molar-refractivity contribution in [2.75, 3.05) is 0 Å². The van der Waals surface area contributed by atoms with Gasteiger partial charge in [0.25, 0.3) is 0 Å². The molecule has 0 spiro atoms. The van der Waals surface area contributed by atoms with E-state index in [0.717, 1.165) is 38.9 Å². The highest BCUT2D eigenvalue weighted by molar-refractivity contribution is 7.22. The fraction of sp³-hybridized carbons (Fsp3) is 0. The van der Waals surface area contributed by atoms with Crippen LogP contribution >= 0.6 is 11.3 Å². The molecule has 0 saturated heterocycles. The molecule has 12 rings (SSSR count). The highest BCUT2D eigenvalue weighted by Crippen LogP contribution is 2.41. The molecule has 0 radical (unpaired) electrons. The Kier molecular flexibility index (Phi) is 9.02. The van der Waals surface area contributed by atoms with E-state index in [9.17, 15) is 0 Å². The maximum atomic E-state index is 5.25. The van der Waals surface area contributed by atoms with Crippen molar-refractivity contribution in [2.24, 2.45) is 0 Å². The molecule has 0 N–H and O–H groups in total. The summed E-state index contributed by atoms with van der Waals surface area (Å²) in [6.45, 7) is 0. The summed E-state index contributed by atoms with van der Waals surface area (Å²) in [6.07, 6.45) is 0. The number of hydrogen-bond donors (Lipinski definition) is 0. The van der Waals surface area contributed by atoms with Crippen LogP contribution in [-0.4, -0.2) is 15.0 Å². The summed E-state index contributed by atoms with van der Waals surface area (Å²) in [4.78, 5) is 16.9. The SMILES string of the molecule is c1ccc(-c2ccccc2-c2nc(-c3ccc(-c4cc5ccccc5s4)cc3)nc(-c3cccc(-c4cccc(-c5c6ccccc6cc6c5ccc5ccccc56)c4)c3)n2)cc1. The number of rotatable bonds is 7. The van der Waals surface area contributed by atoms with Crippen LogP contribution in [0, 0.1) is 0 Å². The van der Waals surface area contributed by atoms with Crippen molar-refractivity contribution in [1.29, 1.82) is 0 Å². The quantitative estimate of drug-likeness (QED) is 0.119. The fourth-order valence-corrected chi connectivity index (χ4v) is 10.1. The summed E-state index contributed by atoms with van der Waals surface area (Å²) in [6, 6.07) is 80.1. The molecule has 2 heterocycles. The van der Waals surface area contributed by atoms with E-state index in [2.05, 4.69) is 218 Å². The highest BCUT2D eigenvalue weighted by atomic mass is 32.1. The summed E-state index contributed by atoms with van der Waals surface area (Å²) in [5.74, 6) is 1.88. The molecule has 3 nitrogen and oxygen atoms in total. The predicted molar refractivity (Wildman–Crippen MR) is 266 cm³/mol. The van der Waals surface area contributed by atoms with Crippen molar-refractivity contribution < 1.29 is 0 Å². The topological polar surface area (TPSA) is 38.7 Å². The van der Waals surface area contributed by atoms with Crippen LogP contribution in [0.1, 0.15) is 0 Å². The number of nitrogens with zero attached hydrogens (tertiary/aromatic N) is 3. The molecule has 0 saturated carbocycles. The fourth-order valence-electron chi connectivity index (χ4n) is 9.03. The Balaban J connectivity index is 0.982. The summed E-state index contributed by atoms with van der Waals surface area (Å²) < 4.78 is 1.28. The van der Waals surface area contributed by atoms with Crippen LogP contribution in [0.15, 0.2) is 224 Å². The zero-order valence-corrected chi connectivity index (χ0v) is 34.9. The van der Waals surface area contributed by atoms with Gasteiger partial charge < -0.3 is 0 Å². The van der Waals surface area contributed by atoms with Crippen molar-refractivity contribution in [1.82, 2.24) is 15.0 Å². The Labute approximate surface area is 369 Å². The molecule has 0 aliphatic rings. The lowest BCUT2D eigenvalue weighted by atomic mass is 9.89. The van der Waals surface area contributed by atoms with Gasteiger partial charge in [-0.1, -0.05) is 194 Å². The Bertz CT molecular complexity index is 3650. The van der Waals surface area contributed by atoms with Gasteiger partial charge in [0, 0.05) is 26.3 Å². The van der Waals surface area contributed by atoms with Gasteiger partial charge in [-0.15, -0.1) is 11.3 Å². The van der Waals surface area contributed by atoms with Gasteiger partial charge in [0.2, 0.25) is 0 Å². The molecule has 0 amide bonds. The number of thiophene rings is 1. The minimum atomic E-state index is 0.622. The smallest absolute Gasteiger partial charge is 0.164 e. The maximum absolute atomic E-state index is 5.25. The average Bonchev–Trinajstić information content (AvgIpc) is 3.81. The lowest BCUT2D eigenvalue weighted by Crippen LogP contribution is -2.01. The van der Waals surface area contributed by atoms with Gasteiger partial charge >= 0.3 is 0 Å². The van der Waals surface area contributed by atoms with Crippen LogP contribution in [0.4, 0.5) is 0 Å². The van der Waals surface area contributed by atoms with Crippen molar-refractivity contribution in [3.63, 3.8) is 0 Å². The van der Waals surface area contributed by atoms with Crippen molar-refractivity contribution in [3.8, 4) is 78.0 Å². The third-order valence-corrected chi connectivity index (χ3v) is 13.3. The molecule has 10 aromatic carbocycles. The van der Waals surface area contributed by atoms with Crippen LogP contribution in [0.2, 0.25) is 0 Å². The van der Waals surface area contributed by atoms with Crippen LogP contribution < -0.4 is 0 Å². The molecule has 63 heavy (non-hydrogen) atoms.